The summed E-state index contributed by atoms with van der Waals surface area (Å²) in [7, 11) is 0. The van der Waals surface area contributed by atoms with E-state index in [-0.39, 0.29) is 11.7 Å². The summed E-state index contributed by atoms with van der Waals surface area (Å²) < 4.78 is 11.6. The molecular formula is C19H24NO4+. The van der Waals surface area contributed by atoms with E-state index < -0.39 is 11.7 Å². The molecule has 3 heterocycles. The summed E-state index contributed by atoms with van der Waals surface area (Å²) in [4.78, 5) is 13.1. The number of quaternary nitrogens is 1. The topological polar surface area (TPSA) is 64.1 Å². The Hall–Kier alpha value is -1.85. The molecule has 0 radical (unpaired) electrons. The quantitative estimate of drug-likeness (QED) is 0.777. The lowest BCUT2D eigenvalue weighted by Crippen LogP contribution is -3.14. The lowest BCUT2D eigenvalue weighted by Gasteiger charge is -2.45. The second kappa shape index (κ2) is 5.60. The summed E-state index contributed by atoms with van der Waals surface area (Å²) in [5.74, 6) is 0.718. The summed E-state index contributed by atoms with van der Waals surface area (Å²) >= 11 is 0. The van der Waals surface area contributed by atoms with E-state index in [9.17, 15) is 9.90 Å². The molecule has 0 aliphatic carbocycles. The molecule has 0 amide bonds. The molecule has 1 saturated heterocycles. The Morgan fingerprint density at radius 1 is 1.12 bits per heavy atom. The molecule has 1 aromatic heterocycles. The normalized spacial score (nSPS) is 26.8. The van der Waals surface area contributed by atoms with Crippen LogP contribution in [0.1, 0.15) is 44.7 Å². The predicted molar refractivity (Wildman–Crippen MR) is 90.5 cm³/mol. The van der Waals surface area contributed by atoms with Crippen LogP contribution in [0, 0.1) is 0 Å². The number of rotatable bonds is 1. The fourth-order valence-corrected chi connectivity index (χ4v) is 4.17. The van der Waals surface area contributed by atoms with E-state index in [4.69, 9.17) is 9.15 Å². The molecule has 2 aliphatic rings. The molecule has 2 aromatic rings. The minimum atomic E-state index is -0.676. The van der Waals surface area contributed by atoms with Gasteiger partial charge in [-0.3, -0.25) is 0 Å². The first kappa shape index (κ1) is 15.7. The third-order valence-corrected chi connectivity index (χ3v) is 5.44. The van der Waals surface area contributed by atoms with Crippen molar-refractivity contribution in [3.05, 3.63) is 40.2 Å². The summed E-state index contributed by atoms with van der Waals surface area (Å²) in [6.07, 6.45) is 2.89. The van der Waals surface area contributed by atoms with E-state index in [1.54, 1.807) is 6.07 Å². The number of fused-ring (bicyclic) bond motifs is 3. The van der Waals surface area contributed by atoms with Crippen molar-refractivity contribution in [1.82, 2.24) is 0 Å². The molecule has 0 spiro atoms. The van der Waals surface area contributed by atoms with Crippen LogP contribution in [0.2, 0.25) is 0 Å². The predicted octanol–water partition coefficient (Wildman–Crippen LogP) is 1.43. The van der Waals surface area contributed by atoms with Crippen LogP contribution >= 0.6 is 0 Å². The van der Waals surface area contributed by atoms with Crippen molar-refractivity contribution in [3.8, 4) is 5.75 Å². The van der Waals surface area contributed by atoms with Gasteiger partial charge in [-0.15, -0.1) is 0 Å². The van der Waals surface area contributed by atoms with Gasteiger partial charge in [-0.05, 0) is 51.3 Å². The molecule has 2 atom stereocenters. The second-order valence-corrected chi connectivity index (χ2v) is 7.50. The van der Waals surface area contributed by atoms with Crippen LogP contribution in [0.5, 0.6) is 5.75 Å². The molecule has 1 aromatic carbocycles. The van der Waals surface area contributed by atoms with Crippen molar-refractivity contribution < 1.29 is 19.2 Å². The summed E-state index contributed by atoms with van der Waals surface area (Å²) in [5, 5.41) is 11.9. The van der Waals surface area contributed by atoms with Crippen molar-refractivity contribution in [1.29, 1.82) is 0 Å². The number of piperidine rings is 1. The third-order valence-electron chi connectivity index (χ3n) is 5.44. The largest absolute Gasteiger partial charge is 0.484 e. The Labute approximate surface area is 140 Å². The monoisotopic (exact) mass is 330 g/mol. The highest BCUT2D eigenvalue weighted by atomic mass is 16.5. The Balaban J connectivity index is 1.95. The van der Waals surface area contributed by atoms with Crippen LogP contribution in [-0.4, -0.2) is 29.9 Å². The Bertz CT molecular complexity index is 820. The van der Waals surface area contributed by atoms with Crippen LogP contribution < -0.4 is 15.3 Å². The van der Waals surface area contributed by atoms with E-state index >= 15 is 0 Å². The first-order chi connectivity index (χ1) is 11.5. The number of nitrogens with one attached hydrogen (secondary N) is 1. The fourth-order valence-electron chi connectivity index (χ4n) is 4.17. The van der Waals surface area contributed by atoms with Crippen LogP contribution in [-0.2, 0) is 0 Å². The van der Waals surface area contributed by atoms with Gasteiger partial charge in [-0.2, -0.15) is 0 Å². The molecule has 0 unspecified atom stereocenters. The highest BCUT2D eigenvalue weighted by molar-refractivity contribution is 5.82. The molecule has 128 valence electrons. The van der Waals surface area contributed by atoms with Crippen molar-refractivity contribution in [2.24, 2.45) is 0 Å². The molecule has 0 saturated carbocycles. The maximum Gasteiger partial charge on any atom is 0.336 e. The van der Waals surface area contributed by atoms with Gasteiger partial charge in [0.05, 0.1) is 18.7 Å². The van der Waals surface area contributed by atoms with Gasteiger partial charge in [0.15, 0.2) is 11.6 Å². The van der Waals surface area contributed by atoms with Gasteiger partial charge in [-0.25, -0.2) is 4.79 Å². The lowest BCUT2D eigenvalue weighted by atomic mass is 9.84. The standard InChI is InChI=1S/C19H23NO4/c1-19(2)18(22)16(20-10-4-3-5-11-20)15-13(24-19)8-6-12-7-9-14(21)23-17(12)15/h6-9,16,18,22H,3-5,10-11H2,1-2H3/p+1/t16-,18-/m1/s1. The number of benzene rings is 1. The van der Waals surface area contributed by atoms with E-state index in [2.05, 4.69) is 0 Å². The molecule has 5 nitrogen and oxygen atoms in total. The molecule has 5 heteroatoms. The Morgan fingerprint density at radius 2 is 1.83 bits per heavy atom. The zero-order valence-electron chi connectivity index (χ0n) is 14.2. The molecule has 2 N–H and O–H groups in total. The summed E-state index contributed by atoms with van der Waals surface area (Å²) in [5.41, 5.74) is 0.347. The number of hydrogen-bond donors (Lipinski definition) is 2. The van der Waals surface area contributed by atoms with Gasteiger partial charge in [0.1, 0.15) is 17.5 Å². The maximum absolute atomic E-state index is 11.8. The van der Waals surface area contributed by atoms with Crippen LogP contribution in [0.25, 0.3) is 11.0 Å². The van der Waals surface area contributed by atoms with Crippen molar-refractivity contribution in [2.45, 2.75) is 50.9 Å². The van der Waals surface area contributed by atoms with E-state index in [0.717, 1.165) is 42.6 Å². The average Bonchev–Trinajstić information content (AvgIpc) is 2.56. The molecule has 24 heavy (non-hydrogen) atoms. The fraction of sp³-hybridized carbons (Fsp3) is 0.526. The molecule has 2 aliphatic heterocycles. The molecule has 4 rings (SSSR count). The maximum atomic E-state index is 11.8. The number of ether oxygens (including phenoxy) is 1. The summed E-state index contributed by atoms with van der Waals surface area (Å²) in [6, 6.07) is 6.91. The molecule has 0 bridgehead atoms. The van der Waals surface area contributed by atoms with Crippen molar-refractivity contribution in [2.75, 3.05) is 13.1 Å². The first-order valence-corrected chi connectivity index (χ1v) is 8.76. The number of likely N-dealkylation sites (tertiary alicyclic amines) is 1. The minimum absolute atomic E-state index is 0.140. The SMILES string of the molecule is CC1(C)Oc2ccc3ccc(=O)oc3c2[C@@H]([NH+]2CCCCC2)[C@H]1O. The highest BCUT2D eigenvalue weighted by Gasteiger charge is 2.49. The van der Waals surface area contributed by atoms with Gasteiger partial charge in [-0.1, -0.05) is 0 Å². The number of aliphatic hydroxyl groups is 1. The van der Waals surface area contributed by atoms with Crippen LogP contribution in [0.3, 0.4) is 0 Å². The number of aliphatic hydroxyl groups excluding tert-OH is 1. The van der Waals surface area contributed by atoms with E-state index in [1.165, 1.54) is 17.4 Å². The van der Waals surface area contributed by atoms with Gasteiger partial charge >= 0.3 is 5.63 Å². The third kappa shape index (κ3) is 2.43. The van der Waals surface area contributed by atoms with Crippen LogP contribution in [0.15, 0.2) is 33.5 Å². The second-order valence-electron chi connectivity index (χ2n) is 7.50. The first-order valence-electron chi connectivity index (χ1n) is 8.76. The Morgan fingerprint density at radius 3 is 2.58 bits per heavy atom. The van der Waals surface area contributed by atoms with Crippen molar-refractivity contribution >= 4 is 11.0 Å². The van der Waals surface area contributed by atoms with E-state index in [1.807, 2.05) is 26.0 Å². The van der Waals surface area contributed by atoms with Gasteiger partial charge in [0.2, 0.25) is 0 Å². The minimum Gasteiger partial charge on any atom is -0.484 e. The van der Waals surface area contributed by atoms with Gasteiger partial charge in [0.25, 0.3) is 0 Å². The van der Waals surface area contributed by atoms with Gasteiger partial charge in [0, 0.05) is 11.5 Å². The zero-order chi connectivity index (χ0) is 16.9. The zero-order valence-corrected chi connectivity index (χ0v) is 14.2. The van der Waals surface area contributed by atoms with Gasteiger partial charge < -0.3 is 19.2 Å². The van der Waals surface area contributed by atoms with Crippen molar-refractivity contribution in [3.63, 3.8) is 0 Å². The smallest absolute Gasteiger partial charge is 0.336 e. The average molecular weight is 330 g/mol. The molecule has 1 fully saturated rings. The molecular weight excluding hydrogens is 306 g/mol. The number of hydrogen-bond acceptors (Lipinski definition) is 4. The summed E-state index contributed by atoms with van der Waals surface area (Å²) in [6.45, 7) is 5.88. The highest BCUT2D eigenvalue weighted by Crippen LogP contribution is 2.42. The Kier molecular flexibility index (Phi) is 3.66. The lowest BCUT2D eigenvalue weighted by molar-refractivity contribution is -0.941. The van der Waals surface area contributed by atoms with Crippen LogP contribution in [0.4, 0.5) is 0 Å². The van der Waals surface area contributed by atoms with E-state index in [0.29, 0.717) is 5.58 Å².